The van der Waals surface area contributed by atoms with Crippen molar-refractivity contribution in [2.24, 2.45) is 0 Å². The monoisotopic (exact) mass is 220 g/mol. The Kier molecular flexibility index (Phi) is 4.05. The first-order valence-corrected chi connectivity index (χ1v) is 5.08. The molecular formula is C12H16N2O2. The van der Waals surface area contributed by atoms with Gasteiger partial charge in [-0.1, -0.05) is 0 Å². The van der Waals surface area contributed by atoms with Crippen LogP contribution in [0.15, 0.2) is 18.2 Å². The van der Waals surface area contributed by atoms with E-state index in [1.54, 1.807) is 18.2 Å². The number of hydrogen-bond acceptors (Lipinski definition) is 4. The van der Waals surface area contributed by atoms with Crippen molar-refractivity contribution < 1.29 is 9.53 Å². The molecule has 0 fully saturated rings. The van der Waals surface area contributed by atoms with E-state index in [0.717, 1.165) is 5.69 Å². The Morgan fingerprint density at radius 1 is 1.50 bits per heavy atom. The van der Waals surface area contributed by atoms with E-state index >= 15 is 0 Å². The first-order valence-electron chi connectivity index (χ1n) is 5.08. The predicted octanol–water partition coefficient (Wildman–Crippen LogP) is 2.29. The molecule has 4 nitrogen and oxygen atoms in total. The minimum absolute atomic E-state index is 0.280. The Bertz CT molecular complexity index is 400. The van der Waals surface area contributed by atoms with Gasteiger partial charge in [0.25, 0.3) is 0 Å². The van der Waals surface area contributed by atoms with Crippen molar-refractivity contribution in [3.05, 3.63) is 29.3 Å². The van der Waals surface area contributed by atoms with Crippen LogP contribution in [0.5, 0.6) is 0 Å². The van der Waals surface area contributed by atoms with Gasteiger partial charge in [-0.05, 0) is 32.0 Å². The van der Waals surface area contributed by atoms with Crippen molar-refractivity contribution in [3.8, 4) is 0 Å². The van der Waals surface area contributed by atoms with E-state index < -0.39 is 0 Å². The summed E-state index contributed by atoms with van der Waals surface area (Å²) in [6.45, 7) is 4.03. The second-order valence-electron chi connectivity index (χ2n) is 3.74. The van der Waals surface area contributed by atoms with Crippen LogP contribution in [-0.4, -0.2) is 25.3 Å². The zero-order valence-corrected chi connectivity index (χ0v) is 9.70. The SMILES string of the molecule is COC(=O)c1ccc(NC(C)C)c(C=N)c1. The molecule has 4 heteroatoms. The van der Waals surface area contributed by atoms with Gasteiger partial charge in [-0.3, -0.25) is 0 Å². The van der Waals surface area contributed by atoms with Crippen molar-refractivity contribution >= 4 is 17.9 Å². The molecule has 86 valence electrons. The standard InChI is InChI=1S/C12H16N2O2/c1-8(2)14-11-5-4-9(12(15)16-3)6-10(11)7-13/h4-8,13-14H,1-3H3. The Morgan fingerprint density at radius 2 is 2.19 bits per heavy atom. The van der Waals surface area contributed by atoms with Crippen LogP contribution >= 0.6 is 0 Å². The van der Waals surface area contributed by atoms with Crippen molar-refractivity contribution in [2.45, 2.75) is 19.9 Å². The molecule has 0 aliphatic rings. The molecule has 16 heavy (non-hydrogen) atoms. The highest BCUT2D eigenvalue weighted by molar-refractivity contribution is 5.94. The van der Waals surface area contributed by atoms with Crippen molar-refractivity contribution in [1.82, 2.24) is 0 Å². The normalized spacial score (nSPS) is 10.0. The molecule has 1 aromatic rings. The van der Waals surface area contributed by atoms with Gasteiger partial charge in [0, 0.05) is 23.5 Å². The Morgan fingerprint density at radius 3 is 2.69 bits per heavy atom. The number of hydrogen-bond donors (Lipinski definition) is 2. The number of carbonyl (C=O) groups is 1. The molecule has 0 spiro atoms. The molecular weight excluding hydrogens is 204 g/mol. The lowest BCUT2D eigenvalue weighted by molar-refractivity contribution is 0.0601. The van der Waals surface area contributed by atoms with E-state index in [1.165, 1.54) is 13.3 Å². The van der Waals surface area contributed by atoms with E-state index in [0.29, 0.717) is 11.1 Å². The lowest BCUT2D eigenvalue weighted by Crippen LogP contribution is -2.12. The van der Waals surface area contributed by atoms with Gasteiger partial charge in [0.1, 0.15) is 0 Å². The van der Waals surface area contributed by atoms with Gasteiger partial charge in [-0.15, -0.1) is 0 Å². The number of anilines is 1. The minimum Gasteiger partial charge on any atom is -0.465 e. The number of rotatable bonds is 4. The van der Waals surface area contributed by atoms with Crippen molar-refractivity contribution in [2.75, 3.05) is 12.4 Å². The van der Waals surface area contributed by atoms with E-state index in [4.69, 9.17) is 5.41 Å². The van der Waals surface area contributed by atoms with Crippen LogP contribution in [0.4, 0.5) is 5.69 Å². The first-order chi connectivity index (χ1) is 7.58. The van der Waals surface area contributed by atoms with Gasteiger partial charge in [0.05, 0.1) is 12.7 Å². The maximum atomic E-state index is 11.3. The third-order valence-electron chi connectivity index (χ3n) is 2.07. The van der Waals surface area contributed by atoms with Crippen LogP contribution in [0.25, 0.3) is 0 Å². The molecule has 0 unspecified atom stereocenters. The molecule has 0 atom stereocenters. The summed E-state index contributed by atoms with van der Waals surface area (Å²) in [6.07, 6.45) is 1.22. The number of carbonyl (C=O) groups excluding carboxylic acids is 1. The molecule has 0 radical (unpaired) electrons. The van der Waals surface area contributed by atoms with Gasteiger partial charge < -0.3 is 15.5 Å². The molecule has 2 N–H and O–H groups in total. The summed E-state index contributed by atoms with van der Waals surface area (Å²) >= 11 is 0. The zero-order chi connectivity index (χ0) is 12.1. The van der Waals surface area contributed by atoms with Crippen LogP contribution in [0.2, 0.25) is 0 Å². The van der Waals surface area contributed by atoms with Gasteiger partial charge in [-0.2, -0.15) is 0 Å². The highest BCUT2D eigenvalue weighted by atomic mass is 16.5. The smallest absolute Gasteiger partial charge is 0.337 e. The minimum atomic E-state index is -0.390. The Labute approximate surface area is 95.1 Å². The molecule has 0 amide bonds. The lowest BCUT2D eigenvalue weighted by atomic mass is 10.1. The maximum absolute atomic E-state index is 11.3. The van der Waals surface area contributed by atoms with Crippen LogP contribution in [0.1, 0.15) is 29.8 Å². The second kappa shape index (κ2) is 5.30. The molecule has 0 bridgehead atoms. The Balaban J connectivity index is 3.06. The van der Waals surface area contributed by atoms with E-state index in [-0.39, 0.29) is 12.0 Å². The summed E-state index contributed by atoms with van der Waals surface area (Å²) < 4.78 is 4.62. The molecule has 0 aliphatic carbocycles. The number of ether oxygens (including phenoxy) is 1. The summed E-state index contributed by atoms with van der Waals surface area (Å²) in [5, 5.41) is 10.5. The highest BCUT2D eigenvalue weighted by Crippen LogP contribution is 2.17. The van der Waals surface area contributed by atoms with Crippen LogP contribution in [0.3, 0.4) is 0 Å². The fourth-order valence-corrected chi connectivity index (χ4v) is 1.37. The van der Waals surface area contributed by atoms with Crippen LogP contribution < -0.4 is 5.32 Å². The largest absolute Gasteiger partial charge is 0.465 e. The highest BCUT2D eigenvalue weighted by Gasteiger charge is 2.08. The van der Waals surface area contributed by atoms with Crippen molar-refractivity contribution in [1.29, 1.82) is 5.41 Å². The third-order valence-corrected chi connectivity index (χ3v) is 2.07. The van der Waals surface area contributed by atoms with E-state index in [9.17, 15) is 4.79 Å². The number of esters is 1. The van der Waals surface area contributed by atoms with E-state index in [1.807, 2.05) is 13.8 Å². The third kappa shape index (κ3) is 2.82. The van der Waals surface area contributed by atoms with Gasteiger partial charge in [-0.25, -0.2) is 4.79 Å². The molecule has 1 rings (SSSR count). The summed E-state index contributed by atoms with van der Waals surface area (Å²) in [6, 6.07) is 5.39. The van der Waals surface area contributed by atoms with E-state index in [2.05, 4.69) is 10.1 Å². The zero-order valence-electron chi connectivity index (χ0n) is 9.70. The molecule has 0 saturated carbocycles. The van der Waals surface area contributed by atoms with Gasteiger partial charge in [0.2, 0.25) is 0 Å². The van der Waals surface area contributed by atoms with Crippen molar-refractivity contribution in [3.63, 3.8) is 0 Å². The quantitative estimate of drug-likeness (QED) is 0.604. The lowest BCUT2D eigenvalue weighted by Gasteiger charge is -2.13. The van der Waals surface area contributed by atoms with Crippen LogP contribution in [0, 0.1) is 5.41 Å². The fourth-order valence-electron chi connectivity index (χ4n) is 1.37. The molecule has 0 aromatic heterocycles. The predicted molar refractivity (Wildman–Crippen MR) is 64.4 cm³/mol. The Hall–Kier alpha value is -1.84. The summed E-state index contributed by atoms with van der Waals surface area (Å²) in [4.78, 5) is 11.3. The fraction of sp³-hybridized carbons (Fsp3) is 0.333. The van der Waals surface area contributed by atoms with Crippen LogP contribution in [-0.2, 0) is 4.74 Å². The summed E-state index contributed by atoms with van der Waals surface area (Å²) in [7, 11) is 1.34. The number of nitrogens with one attached hydrogen (secondary N) is 2. The maximum Gasteiger partial charge on any atom is 0.337 e. The summed E-state index contributed by atoms with van der Waals surface area (Å²) in [5.41, 5.74) is 1.98. The first kappa shape index (κ1) is 12.2. The molecule has 0 aliphatic heterocycles. The topological polar surface area (TPSA) is 62.2 Å². The summed E-state index contributed by atoms with van der Waals surface area (Å²) in [5.74, 6) is -0.390. The van der Waals surface area contributed by atoms with Gasteiger partial charge >= 0.3 is 5.97 Å². The number of methoxy groups -OCH3 is 1. The molecule has 0 heterocycles. The average molecular weight is 220 g/mol. The van der Waals surface area contributed by atoms with Gasteiger partial charge in [0.15, 0.2) is 0 Å². The molecule has 1 aromatic carbocycles. The average Bonchev–Trinajstić information content (AvgIpc) is 2.27. The number of benzene rings is 1. The molecule has 0 saturated heterocycles. The second-order valence-corrected chi connectivity index (χ2v) is 3.74.